The van der Waals surface area contributed by atoms with Crippen molar-refractivity contribution >= 4 is 34.3 Å². The third-order valence-corrected chi connectivity index (χ3v) is 5.20. The second-order valence-electron chi connectivity index (χ2n) is 4.70. The third-order valence-electron chi connectivity index (χ3n) is 2.68. The second-order valence-corrected chi connectivity index (χ2v) is 7.08. The van der Waals surface area contributed by atoms with E-state index in [1.54, 1.807) is 11.3 Å². The first-order valence-electron chi connectivity index (χ1n) is 5.55. The van der Waals surface area contributed by atoms with Crippen LogP contribution in [0.3, 0.4) is 0 Å². The van der Waals surface area contributed by atoms with Crippen LogP contribution in [0.1, 0.15) is 23.6 Å². The van der Waals surface area contributed by atoms with Crippen LogP contribution >= 0.6 is 34.3 Å². The van der Waals surface area contributed by atoms with Crippen LogP contribution in [0.5, 0.6) is 0 Å². The molecule has 0 radical (unpaired) electrons. The molecule has 0 atom stereocenters. The van der Waals surface area contributed by atoms with Crippen LogP contribution in [0.4, 0.5) is 0 Å². The first-order chi connectivity index (χ1) is 8.08. The highest BCUT2D eigenvalue weighted by Gasteiger charge is 2.20. The smallest absolute Gasteiger partial charge is 0.0516 e. The van der Waals surface area contributed by atoms with Crippen LogP contribution in [-0.4, -0.2) is 6.54 Å². The topological polar surface area (TPSA) is 12.0 Å². The van der Waals surface area contributed by atoms with Crippen LogP contribution in [0.15, 0.2) is 29.0 Å². The molecule has 0 fully saturated rings. The Hall–Kier alpha value is -0.350. The van der Waals surface area contributed by atoms with E-state index < -0.39 is 0 Å². The maximum absolute atomic E-state index is 5.89. The Kier molecular flexibility index (Phi) is 4.26. The summed E-state index contributed by atoms with van der Waals surface area (Å²) in [5.74, 6) is 0. The van der Waals surface area contributed by atoms with E-state index in [4.69, 9.17) is 11.6 Å². The molecule has 0 aliphatic rings. The van der Waals surface area contributed by atoms with Crippen molar-refractivity contribution in [1.29, 1.82) is 0 Å². The van der Waals surface area contributed by atoms with Gasteiger partial charge in [-0.2, -0.15) is 0 Å². The maximum atomic E-state index is 5.89. The van der Waals surface area contributed by atoms with Gasteiger partial charge in [-0.3, -0.25) is 0 Å². The number of rotatable bonds is 5. The normalized spacial score (nSPS) is 11.9. The van der Waals surface area contributed by atoms with Gasteiger partial charge >= 0.3 is 0 Å². The molecule has 2 aromatic rings. The van der Waals surface area contributed by atoms with E-state index in [0.717, 1.165) is 18.1 Å². The lowest BCUT2D eigenvalue weighted by molar-refractivity contribution is 0.478. The van der Waals surface area contributed by atoms with Gasteiger partial charge in [0.2, 0.25) is 0 Å². The van der Waals surface area contributed by atoms with Gasteiger partial charge in [0.15, 0.2) is 0 Å². The molecule has 0 amide bonds. The van der Waals surface area contributed by atoms with Crippen LogP contribution in [-0.2, 0) is 12.0 Å². The molecule has 1 nitrogen and oxygen atoms in total. The van der Waals surface area contributed by atoms with E-state index in [0.29, 0.717) is 0 Å². The largest absolute Gasteiger partial charge is 0.311 e. The summed E-state index contributed by atoms with van der Waals surface area (Å²) in [7, 11) is 0. The molecule has 92 valence electrons. The molecule has 0 saturated carbocycles. The van der Waals surface area contributed by atoms with Gasteiger partial charge in [0.05, 0.1) is 5.02 Å². The Morgan fingerprint density at radius 3 is 2.76 bits per heavy atom. The quantitative estimate of drug-likeness (QED) is 0.851. The summed E-state index contributed by atoms with van der Waals surface area (Å²) in [6.45, 7) is 6.41. The van der Waals surface area contributed by atoms with E-state index >= 15 is 0 Å². The molecule has 0 saturated heterocycles. The monoisotopic (exact) mass is 285 g/mol. The van der Waals surface area contributed by atoms with Gasteiger partial charge in [-0.25, -0.2) is 0 Å². The van der Waals surface area contributed by atoms with E-state index in [2.05, 4.69) is 36.7 Å². The first-order valence-corrected chi connectivity index (χ1v) is 7.69. The number of thiophene rings is 2. The summed E-state index contributed by atoms with van der Waals surface area (Å²) in [6.07, 6.45) is 0. The maximum Gasteiger partial charge on any atom is 0.0516 e. The minimum atomic E-state index is 0.190. The molecule has 2 rings (SSSR count). The predicted octanol–water partition coefficient (Wildman–Crippen LogP) is 4.53. The fourth-order valence-electron chi connectivity index (χ4n) is 1.70. The SMILES string of the molecule is CC(C)(CNCc1cc(Cl)cs1)c1cccs1. The number of halogens is 1. The van der Waals surface area contributed by atoms with Gasteiger partial charge in [0.25, 0.3) is 0 Å². The van der Waals surface area contributed by atoms with Crippen molar-refractivity contribution in [2.75, 3.05) is 6.54 Å². The van der Waals surface area contributed by atoms with Crippen LogP contribution < -0.4 is 5.32 Å². The number of hydrogen-bond donors (Lipinski definition) is 1. The van der Waals surface area contributed by atoms with E-state index in [1.807, 2.05) is 22.8 Å². The van der Waals surface area contributed by atoms with Gasteiger partial charge in [0, 0.05) is 33.6 Å². The number of hydrogen-bond acceptors (Lipinski definition) is 3. The zero-order valence-corrected chi connectivity index (χ0v) is 12.4. The standard InChI is InChI=1S/C13H16ClNS2/c1-13(2,12-4-3-5-16-12)9-15-7-11-6-10(14)8-17-11/h3-6,8,15H,7,9H2,1-2H3. The van der Waals surface area contributed by atoms with Gasteiger partial charge in [-0.05, 0) is 17.5 Å². The van der Waals surface area contributed by atoms with E-state index in [-0.39, 0.29) is 5.41 Å². The molecule has 2 heterocycles. The predicted molar refractivity (Wildman–Crippen MR) is 78.4 cm³/mol. The Bertz CT molecular complexity index is 459. The summed E-state index contributed by atoms with van der Waals surface area (Å²) in [4.78, 5) is 2.71. The number of nitrogens with one attached hydrogen (secondary N) is 1. The van der Waals surface area contributed by atoms with Crippen molar-refractivity contribution in [3.63, 3.8) is 0 Å². The molecule has 2 aromatic heterocycles. The van der Waals surface area contributed by atoms with Gasteiger partial charge < -0.3 is 5.32 Å². The lowest BCUT2D eigenvalue weighted by Gasteiger charge is -2.23. The highest BCUT2D eigenvalue weighted by atomic mass is 35.5. The highest BCUT2D eigenvalue weighted by Crippen LogP contribution is 2.27. The van der Waals surface area contributed by atoms with Crippen molar-refractivity contribution in [3.8, 4) is 0 Å². The Balaban J connectivity index is 1.86. The lowest BCUT2D eigenvalue weighted by Crippen LogP contribution is -2.31. The molecule has 0 aromatic carbocycles. The fourth-order valence-corrected chi connectivity index (χ4v) is 3.59. The summed E-state index contributed by atoms with van der Waals surface area (Å²) in [5, 5.41) is 8.45. The van der Waals surface area contributed by atoms with Crippen molar-refractivity contribution in [3.05, 3.63) is 43.7 Å². The molecule has 0 bridgehead atoms. The van der Waals surface area contributed by atoms with Crippen molar-refractivity contribution in [2.24, 2.45) is 0 Å². The second kappa shape index (κ2) is 5.53. The molecular weight excluding hydrogens is 270 g/mol. The minimum Gasteiger partial charge on any atom is -0.311 e. The van der Waals surface area contributed by atoms with Crippen molar-refractivity contribution in [1.82, 2.24) is 5.32 Å². The summed E-state index contributed by atoms with van der Waals surface area (Å²) >= 11 is 9.42. The summed E-state index contributed by atoms with van der Waals surface area (Å²) < 4.78 is 0. The molecular formula is C13H16ClNS2. The van der Waals surface area contributed by atoms with Crippen LogP contribution in [0, 0.1) is 0 Å². The lowest BCUT2D eigenvalue weighted by atomic mass is 9.91. The van der Waals surface area contributed by atoms with Gasteiger partial charge in [-0.1, -0.05) is 31.5 Å². The summed E-state index contributed by atoms with van der Waals surface area (Å²) in [6, 6.07) is 6.34. The van der Waals surface area contributed by atoms with Crippen LogP contribution in [0.25, 0.3) is 0 Å². The molecule has 0 unspecified atom stereocenters. The zero-order chi connectivity index (χ0) is 12.3. The molecule has 4 heteroatoms. The molecule has 0 aliphatic heterocycles. The zero-order valence-electron chi connectivity index (χ0n) is 10.00. The van der Waals surface area contributed by atoms with E-state index in [9.17, 15) is 0 Å². The van der Waals surface area contributed by atoms with Gasteiger partial charge in [0.1, 0.15) is 0 Å². The Morgan fingerprint density at radius 1 is 1.35 bits per heavy atom. The van der Waals surface area contributed by atoms with Crippen LogP contribution in [0.2, 0.25) is 5.02 Å². The molecule has 0 aliphatic carbocycles. The van der Waals surface area contributed by atoms with Crippen molar-refractivity contribution < 1.29 is 0 Å². The first kappa shape index (κ1) is 13.1. The van der Waals surface area contributed by atoms with E-state index in [1.165, 1.54) is 9.75 Å². The average Bonchev–Trinajstić information content (AvgIpc) is 2.89. The third kappa shape index (κ3) is 3.55. The molecule has 1 N–H and O–H groups in total. The molecule has 0 spiro atoms. The Labute approximate surface area is 115 Å². The average molecular weight is 286 g/mol. The minimum absolute atomic E-state index is 0.190. The molecule has 17 heavy (non-hydrogen) atoms. The highest BCUT2D eigenvalue weighted by molar-refractivity contribution is 7.10. The van der Waals surface area contributed by atoms with Crippen molar-refractivity contribution in [2.45, 2.75) is 25.8 Å². The Morgan fingerprint density at radius 2 is 2.18 bits per heavy atom. The summed E-state index contributed by atoms with van der Waals surface area (Å²) in [5.41, 5.74) is 0.190. The fraction of sp³-hybridized carbons (Fsp3) is 0.385. The van der Waals surface area contributed by atoms with Gasteiger partial charge in [-0.15, -0.1) is 22.7 Å².